The Hall–Kier alpha value is -2.08. The van der Waals surface area contributed by atoms with E-state index in [0.29, 0.717) is 25.1 Å². The zero-order chi connectivity index (χ0) is 17.5. The lowest BCUT2D eigenvalue weighted by molar-refractivity contribution is -0.155. The summed E-state index contributed by atoms with van der Waals surface area (Å²) in [7, 11) is 0. The van der Waals surface area contributed by atoms with Crippen molar-refractivity contribution in [2.24, 2.45) is 10.9 Å². The summed E-state index contributed by atoms with van der Waals surface area (Å²) >= 11 is 0. The number of oxime groups is 1. The van der Waals surface area contributed by atoms with E-state index in [-0.39, 0.29) is 11.8 Å². The van der Waals surface area contributed by atoms with E-state index < -0.39 is 5.60 Å². The van der Waals surface area contributed by atoms with Crippen LogP contribution in [0.25, 0.3) is 0 Å². The molecular formula is C17H27N3O3. The second kappa shape index (κ2) is 8.53. The third-order valence-electron chi connectivity index (χ3n) is 3.24. The Morgan fingerprint density at radius 3 is 2.65 bits per heavy atom. The quantitative estimate of drug-likeness (QED) is 0.264. The van der Waals surface area contributed by atoms with Gasteiger partial charge in [0.15, 0.2) is 5.84 Å². The van der Waals surface area contributed by atoms with Gasteiger partial charge in [-0.2, -0.15) is 0 Å². The fourth-order valence-electron chi connectivity index (χ4n) is 2.14. The molecule has 0 amide bonds. The summed E-state index contributed by atoms with van der Waals surface area (Å²) in [5.74, 6) is -0.106. The van der Waals surface area contributed by atoms with Gasteiger partial charge in [-0.3, -0.25) is 9.69 Å². The van der Waals surface area contributed by atoms with Gasteiger partial charge in [0.1, 0.15) is 5.60 Å². The van der Waals surface area contributed by atoms with Crippen LogP contribution in [-0.2, 0) is 16.1 Å². The first-order valence-electron chi connectivity index (χ1n) is 7.76. The summed E-state index contributed by atoms with van der Waals surface area (Å²) in [5.41, 5.74) is 6.87. The van der Waals surface area contributed by atoms with E-state index in [2.05, 4.69) is 10.1 Å². The fraction of sp³-hybridized carbons (Fsp3) is 0.529. The maximum absolute atomic E-state index is 11.8. The van der Waals surface area contributed by atoms with Crippen molar-refractivity contribution in [3.05, 3.63) is 35.4 Å². The molecule has 0 radical (unpaired) electrons. The molecule has 6 nitrogen and oxygen atoms in total. The molecule has 0 aliphatic rings. The number of benzene rings is 1. The van der Waals surface area contributed by atoms with E-state index in [1.165, 1.54) is 0 Å². The number of nitrogens with zero attached hydrogens (tertiary/aromatic N) is 2. The summed E-state index contributed by atoms with van der Waals surface area (Å²) in [6.45, 7) is 9.76. The molecule has 0 atom stereocenters. The lowest BCUT2D eigenvalue weighted by Crippen LogP contribution is -2.29. The molecule has 0 aromatic heterocycles. The molecule has 0 bridgehead atoms. The number of amidine groups is 1. The van der Waals surface area contributed by atoms with Gasteiger partial charge in [0.25, 0.3) is 0 Å². The molecular weight excluding hydrogens is 294 g/mol. The van der Waals surface area contributed by atoms with Crippen LogP contribution in [0.5, 0.6) is 0 Å². The Bertz CT molecular complexity index is 550. The van der Waals surface area contributed by atoms with E-state index in [0.717, 1.165) is 12.1 Å². The van der Waals surface area contributed by atoms with Crippen LogP contribution in [0, 0.1) is 0 Å². The van der Waals surface area contributed by atoms with Crippen molar-refractivity contribution in [2.75, 3.05) is 13.1 Å². The van der Waals surface area contributed by atoms with Crippen LogP contribution in [0.3, 0.4) is 0 Å². The average Bonchev–Trinajstić information content (AvgIpc) is 2.49. The van der Waals surface area contributed by atoms with E-state index in [9.17, 15) is 4.79 Å². The average molecular weight is 321 g/mol. The lowest BCUT2D eigenvalue weighted by Gasteiger charge is -2.23. The molecule has 3 N–H and O–H groups in total. The maximum atomic E-state index is 11.8. The molecule has 0 unspecified atom stereocenters. The smallest absolute Gasteiger partial charge is 0.307 e. The summed E-state index contributed by atoms with van der Waals surface area (Å²) in [6.07, 6.45) is 0.352. The van der Waals surface area contributed by atoms with Gasteiger partial charge in [-0.15, -0.1) is 0 Å². The zero-order valence-corrected chi connectivity index (χ0v) is 14.4. The summed E-state index contributed by atoms with van der Waals surface area (Å²) in [5, 5.41) is 11.8. The van der Waals surface area contributed by atoms with Crippen LogP contribution in [0.1, 0.15) is 45.2 Å². The van der Waals surface area contributed by atoms with E-state index in [1.54, 1.807) is 6.07 Å². The van der Waals surface area contributed by atoms with Crippen molar-refractivity contribution < 1.29 is 14.7 Å². The van der Waals surface area contributed by atoms with Gasteiger partial charge < -0.3 is 15.7 Å². The molecule has 1 rings (SSSR count). The predicted molar refractivity (Wildman–Crippen MR) is 90.4 cm³/mol. The van der Waals surface area contributed by atoms with Crippen molar-refractivity contribution in [1.29, 1.82) is 0 Å². The predicted octanol–water partition coefficient (Wildman–Crippen LogP) is 2.33. The van der Waals surface area contributed by atoms with E-state index in [4.69, 9.17) is 15.7 Å². The van der Waals surface area contributed by atoms with Crippen molar-refractivity contribution in [3.8, 4) is 0 Å². The highest BCUT2D eigenvalue weighted by atomic mass is 16.6. The number of carbonyl (C=O) groups is 1. The first kappa shape index (κ1) is 19.0. The van der Waals surface area contributed by atoms with Gasteiger partial charge in [0.05, 0.1) is 6.42 Å². The Morgan fingerprint density at radius 1 is 1.39 bits per heavy atom. The molecule has 6 heteroatoms. The minimum absolute atomic E-state index is 0.0867. The number of hydrogen-bond donors (Lipinski definition) is 2. The minimum atomic E-state index is -0.455. The van der Waals surface area contributed by atoms with Gasteiger partial charge in [-0.1, -0.05) is 30.3 Å². The first-order chi connectivity index (χ1) is 10.7. The van der Waals surface area contributed by atoms with Crippen LogP contribution < -0.4 is 5.73 Å². The van der Waals surface area contributed by atoms with Crippen molar-refractivity contribution in [3.63, 3.8) is 0 Å². The van der Waals surface area contributed by atoms with Crippen LogP contribution in [0.4, 0.5) is 0 Å². The number of hydrogen-bond acceptors (Lipinski definition) is 5. The number of rotatable bonds is 7. The monoisotopic (exact) mass is 321 g/mol. The Kier molecular flexibility index (Phi) is 7.03. The highest BCUT2D eigenvalue weighted by Crippen LogP contribution is 2.11. The van der Waals surface area contributed by atoms with Crippen LogP contribution in [-0.4, -0.2) is 40.6 Å². The normalized spacial score (nSPS) is 12.5. The fourth-order valence-corrected chi connectivity index (χ4v) is 2.14. The zero-order valence-electron chi connectivity index (χ0n) is 14.4. The summed E-state index contributed by atoms with van der Waals surface area (Å²) in [6, 6.07) is 7.51. The van der Waals surface area contributed by atoms with Gasteiger partial charge in [0, 0.05) is 18.7 Å². The lowest BCUT2D eigenvalue weighted by atomic mass is 10.1. The third kappa shape index (κ3) is 7.15. The first-order valence-corrected chi connectivity index (χ1v) is 7.76. The molecule has 0 fully saturated rings. The van der Waals surface area contributed by atoms with Crippen LogP contribution in [0.15, 0.2) is 29.4 Å². The van der Waals surface area contributed by atoms with E-state index in [1.807, 2.05) is 45.9 Å². The van der Waals surface area contributed by atoms with Crippen molar-refractivity contribution in [2.45, 2.75) is 46.3 Å². The van der Waals surface area contributed by atoms with Gasteiger partial charge in [-0.25, -0.2) is 0 Å². The molecule has 0 saturated carbocycles. The third-order valence-corrected chi connectivity index (χ3v) is 3.24. The highest BCUT2D eigenvalue weighted by Gasteiger charge is 2.17. The van der Waals surface area contributed by atoms with Crippen molar-refractivity contribution >= 4 is 11.8 Å². The minimum Gasteiger partial charge on any atom is -0.460 e. The Labute approximate surface area is 137 Å². The molecule has 23 heavy (non-hydrogen) atoms. The Morgan fingerprint density at radius 2 is 2.09 bits per heavy atom. The van der Waals surface area contributed by atoms with Crippen molar-refractivity contribution in [1.82, 2.24) is 4.90 Å². The van der Waals surface area contributed by atoms with Gasteiger partial charge in [-0.05, 0) is 38.9 Å². The number of esters is 1. The summed E-state index contributed by atoms with van der Waals surface area (Å²) < 4.78 is 5.32. The standard InChI is InChI=1S/C17H27N3O3/c1-5-20(10-9-15(21)23-17(2,3)4)12-13-7-6-8-14(11-13)16(18)19-22/h6-8,11,22H,5,9-10,12H2,1-4H3,(H2,18,19). The largest absolute Gasteiger partial charge is 0.460 e. The summed E-state index contributed by atoms with van der Waals surface area (Å²) in [4.78, 5) is 14.0. The molecule has 128 valence electrons. The van der Waals surface area contributed by atoms with E-state index >= 15 is 0 Å². The molecule has 1 aromatic carbocycles. The van der Waals surface area contributed by atoms with Crippen LogP contribution in [0.2, 0.25) is 0 Å². The maximum Gasteiger partial charge on any atom is 0.307 e. The number of nitrogens with two attached hydrogens (primary N) is 1. The molecule has 0 heterocycles. The van der Waals surface area contributed by atoms with Crippen LogP contribution >= 0.6 is 0 Å². The topological polar surface area (TPSA) is 88.2 Å². The Balaban J connectivity index is 2.61. The second-order valence-corrected chi connectivity index (χ2v) is 6.39. The molecule has 0 spiro atoms. The van der Waals surface area contributed by atoms with Gasteiger partial charge in [0.2, 0.25) is 0 Å². The molecule has 0 aliphatic heterocycles. The number of carbonyl (C=O) groups excluding carboxylic acids is 1. The number of ether oxygens (including phenoxy) is 1. The second-order valence-electron chi connectivity index (χ2n) is 6.39. The highest BCUT2D eigenvalue weighted by molar-refractivity contribution is 5.97. The molecule has 1 aromatic rings. The SMILES string of the molecule is CCN(CCC(=O)OC(C)(C)C)Cc1cccc(/C(N)=N\O)c1. The van der Waals surface area contributed by atoms with Gasteiger partial charge >= 0.3 is 5.97 Å². The molecule has 0 aliphatic carbocycles. The molecule has 0 saturated heterocycles.